The van der Waals surface area contributed by atoms with Gasteiger partial charge in [-0.1, -0.05) is 12.1 Å². The Labute approximate surface area is 125 Å². The van der Waals surface area contributed by atoms with Crippen molar-refractivity contribution in [2.45, 2.75) is 6.92 Å². The summed E-state index contributed by atoms with van der Waals surface area (Å²) in [5, 5.41) is 22.3. The van der Waals surface area contributed by atoms with E-state index in [4.69, 9.17) is 5.11 Å². The quantitative estimate of drug-likeness (QED) is 0.666. The van der Waals surface area contributed by atoms with Crippen LogP contribution in [0.1, 0.15) is 26.3 Å². The van der Waals surface area contributed by atoms with Crippen molar-refractivity contribution < 1.29 is 19.6 Å². The summed E-state index contributed by atoms with van der Waals surface area (Å²) in [4.78, 5) is 33.5. The molecule has 22 heavy (non-hydrogen) atoms. The minimum Gasteiger partial charge on any atom is -0.478 e. The zero-order chi connectivity index (χ0) is 16.3. The molecule has 1 amide bonds. The number of nitro benzene ring substituents is 1. The van der Waals surface area contributed by atoms with Crippen LogP contribution in [0.15, 0.2) is 42.5 Å². The lowest BCUT2D eigenvalue weighted by Crippen LogP contribution is -2.16. The minimum atomic E-state index is -1.20. The number of anilines is 1. The van der Waals surface area contributed by atoms with E-state index in [0.717, 1.165) is 0 Å². The Bertz CT molecular complexity index is 770. The number of hydrogen-bond donors (Lipinski definition) is 2. The fourth-order valence-corrected chi connectivity index (χ4v) is 1.96. The molecule has 2 rings (SSSR count). The first kappa shape index (κ1) is 15.2. The first-order valence-corrected chi connectivity index (χ1v) is 6.29. The highest BCUT2D eigenvalue weighted by Crippen LogP contribution is 2.22. The SMILES string of the molecule is Cc1cc([N+](=O)[O-])ccc1NC(=O)c1ccccc1C(=O)O. The normalized spacial score (nSPS) is 10.0. The summed E-state index contributed by atoms with van der Waals surface area (Å²) in [7, 11) is 0. The number of carbonyl (C=O) groups excluding carboxylic acids is 1. The minimum absolute atomic E-state index is 0.0211. The lowest BCUT2D eigenvalue weighted by Gasteiger charge is -2.10. The molecule has 0 saturated heterocycles. The van der Waals surface area contributed by atoms with Gasteiger partial charge in [-0.3, -0.25) is 14.9 Å². The van der Waals surface area contributed by atoms with E-state index in [1.165, 1.54) is 36.4 Å². The van der Waals surface area contributed by atoms with E-state index in [1.807, 2.05) is 0 Å². The number of nitrogens with one attached hydrogen (secondary N) is 1. The maximum atomic E-state index is 12.2. The second-order valence-electron chi connectivity index (χ2n) is 4.56. The predicted octanol–water partition coefficient (Wildman–Crippen LogP) is 2.85. The molecule has 0 unspecified atom stereocenters. The van der Waals surface area contributed by atoms with Crippen molar-refractivity contribution in [3.63, 3.8) is 0 Å². The summed E-state index contributed by atoms with van der Waals surface area (Å²) in [6, 6.07) is 9.83. The largest absolute Gasteiger partial charge is 0.478 e. The van der Waals surface area contributed by atoms with Crippen LogP contribution < -0.4 is 5.32 Å². The molecule has 0 heterocycles. The standard InChI is InChI=1S/C15H12N2O5/c1-9-8-10(17(21)22)6-7-13(9)16-14(18)11-4-2-3-5-12(11)15(19)20/h2-8H,1H3,(H,16,18)(H,19,20). The number of nitrogens with zero attached hydrogens (tertiary/aromatic N) is 1. The first-order chi connectivity index (χ1) is 10.4. The summed E-state index contributed by atoms with van der Waals surface area (Å²) in [5.74, 6) is -1.79. The number of nitro groups is 1. The highest BCUT2D eigenvalue weighted by Gasteiger charge is 2.17. The second-order valence-corrected chi connectivity index (χ2v) is 4.56. The molecule has 0 aliphatic heterocycles. The van der Waals surface area contributed by atoms with E-state index < -0.39 is 16.8 Å². The number of carboxylic acid groups (broad SMARTS) is 1. The van der Waals surface area contributed by atoms with E-state index in [2.05, 4.69) is 5.32 Å². The highest BCUT2D eigenvalue weighted by molar-refractivity contribution is 6.10. The van der Waals surface area contributed by atoms with Crippen LogP contribution in [0.25, 0.3) is 0 Å². The number of hydrogen-bond acceptors (Lipinski definition) is 4. The van der Waals surface area contributed by atoms with Gasteiger partial charge >= 0.3 is 5.97 Å². The number of amides is 1. The van der Waals surface area contributed by atoms with Gasteiger partial charge in [0.15, 0.2) is 0 Å². The number of aromatic carboxylic acids is 1. The maximum Gasteiger partial charge on any atom is 0.336 e. The summed E-state index contributed by atoms with van der Waals surface area (Å²) >= 11 is 0. The van der Waals surface area contributed by atoms with Crippen LogP contribution in [0.3, 0.4) is 0 Å². The van der Waals surface area contributed by atoms with Crippen molar-refractivity contribution >= 4 is 23.3 Å². The van der Waals surface area contributed by atoms with Crippen LogP contribution in [-0.2, 0) is 0 Å². The van der Waals surface area contributed by atoms with Crippen LogP contribution in [0.4, 0.5) is 11.4 Å². The summed E-state index contributed by atoms with van der Waals surface area (Å²) in [6.45, 7) is 1.62. The monoisotopic (exact) mass is 300 g/mol. The Morgan fingerprint density at radius 3 is 2.32 bits per heavy atom. The van der Waals surface area contributed by atoms with Gasteiger partial charge in [0.1, 0.15) is 0 Å². The van der Waals surface area contributed by atoms with E-state index in [1.54, 1.807) is 13.0 Å². The third-order valence-corrected chi connectivity index (χ3v) is 3.07. The van der Waals surface area contributed by atoms with Crippen molar-refractivity contribution in [2.75, 3.05) is 5.32 Å². The molecule has 0 spiro atoms. The highest BCUT2D eigenvalue weighted by atomic mass is 16.6. The van der Waals surface area contributed by atoms with Crippen LogP contribution >= 0.6 is 0 Å². The Hall–Kier alpha value is -3.22. The zero-order valence-corrected chi connectivity index (χ0v) is 11.6. The number of aryl methyl sites for hydroxylation is 1. The first-order valence-electron chi connectivity index (χ1n) is 6.29. The van der Waals surface area contributed by atoms with Gasteiger partial charge in [0, 0.05) is 17.8 Å². The molecule has 112 valence electrons. The number of non-ortho nitro benzene ring substituents is 1. The fourth-order valence-electron chi connectivity index (χ4n) is 1.96. The van der Waals surface area contributed by atoms with Crippen molar-refractivity contribution in [3.8, 4) is 0 Å². The number of carboxylic acids is 1. The van der Waals surface area contributed by atoms with Gasteiger partial charge < -0.3 is 10.4 Å². The van der Waals surface area contributed by atoms with Crippen molar-refractivity contribution in [1.82, 2.24) is 0 Å². The molecule has 0 aliphatic rings. The van der Waals surface area contributed by atoms with Crippen LogP contribution in [0, 0.1) is 17.0 Å². The molecule has 7 nitrogen and oxygen atoms in total. The Kier molecular flexibility index (Phi) is 4.17. The molecule has 0 aliphatic carbocycles. The average molecular weight is 300 g/mol. The Morgan fingerprint density at radius 1 is 1.14 bits per heavy atom. The van der Waals surface area contributed by atoms with Gasteiger partial charge in [0.25, 0.3) is 11.6 Å². The number of carbonyl (C=O) groups is 2. The molecule has 2 aromatic carbocycles. The topological polar surface area (TPSA) is 110 Å². The maximum absolute atomic E-state index is 12.2. The molecule has 0 aromatic heterocycles. The van der Waals surface area contributed by atoms with Crippen molar-refractivity contribution in [1.29, 1.82) is 0 Å². The molecule has 0 bridgehead atoms. The summed E-state index contributed by atoms with van der Waals surface area (Å²) in [6.07, 6.45) is 0. The third-order valence-electron chi connectivity index (χ3n) is 3.07. The third kappa shape index (κ3) is 3.09. The number of rotatable bonds is 4. The lowest BCUT2D eigenvalue weighted by atomic mass is 10.1. The van der Waals surface area contributed by atoms with Gasteiger partial charge in [-0.2, -0.15) is 0 Å². The molecular formula is C15H12N2O5. The van der Waals surface area contributed by atoms with E-state index in [0.29, 0.717) is 11.3 Å². The van der Waals surface area contributed by atoms with Gasteiger partial charge in [-0.05, 0) is 30.7 Å². The van der Waals surface area contributed by atoms with Crippen molar-refractivity contribution in [2.24, 2.45) is 0 Å². The Balaban J connectivity index is 2.30. The summed E-state index contributed by atoms with van der Waals surface area (Å²) in [5.41, 5.74) is 0.722. The molecule has 0 radical (unpaired) electrons. The Morgan fingerprint density at radius 2 is 1.77 bits per heavy atom. The predicted molar refractivity (Wildman–Crippen MR) is 79.2 cm³/mol. The lowest BCUT2D eigenvalue weighted by molar-refractivity contribution is -0.384. The molecule has 7 heteroatoms. The molecule has 0 atom stereocenters. The van der Waals surface area contributed by atoms with E-state index in [-0.39, 0.29) is 16.8 Å². The van der Waals surface area contributed by atoms with Crippen LogP contribution in [0.2, 0.25) is 0 Å². The molecular weight excluding hydrogens is 288 g/mol. The average Bonchev–Trinajstić information content (AvgIpc) is 2.48. The molecule has 0 fully saturated rings. The van der Waals surface area contributed by atoms with Gasteiger partial charge in [-0.15, -0.1) is 0 Å². The number of benzene rings is 2. The van der Waals surface area contributed by atoms with Gasteiger partial charge in [-0.25, -0.2) is 4.79 Å². The van der Waals surface area contributed by atoms with Crippen LogP contribution in [0.5, 0.6) is 0 Å². The molecule has 0 saturated carbocycles. The second kappa shape index (κ2) is 6.04. The van der Waals surface area contributed by atoms with E-state index >= 15 is 0 Å². The van der Waals surface area contributed by atoms with Gasteiger partial charge in [0.2, 0.25) is 0 Å². The summed E-state index contributed by atoms with van der Waals surface area (Å²) < 4.78 is 0. The van der Waals surface area contributed by atoms with Gasteiger partial charge in [0.05, 0.1) is 16.1 Å². The fraction of sp³-hybridized carbons (Fsp3) is 0.0667. The van der Waals surface area contributed by atoms with E-state index in [9.17, 15) is 19.7 Å². The van der Waals surface area contributed by atoms with Crippen LogP contribution in [-0.4, -0.2) is 21.9 Å². The zero-order valence-electron chi connectivity index (χ0n) is 11.6. The smallest absolute Gasteiger partial charge is 0.336 e. The van der Waals surface area contributed by atoms with Crippen molar-refractivity contribution in [3.05, 3.63) is 69.3 Å². The molecule has 2 aromatic rings. The molecule has 2 N–H and O–H groups in total.